The van der Waals surface area contributed by atoms with Crippen LogP contribution < -0.4 is 5.32 Å². The van der Waals surface area contributed by atoms with Gasteiger partial charge in [0.05, 0.1) is 0 Å². The third-order valence-electron chi connectivity index (χ3n) is 3.03. The molecule has 1 aromatic rings. The van der Waals surface area contributed by atoms with Crippen LogP contribution in [-0.2, 0) is 0 Å². The Kier molecular flexibility index (Phi) is 3.13. The maximum absolute atomic E-state index is 11.8. The molecule has 1 aliphatic carbocycles. The summed E-state index contributed by atoms with van der Waals surface area (Å²) in [5.41, 5.74) is 0.611. The lowest BCUT2D eigenvalue weighted by Crippen LogP contribution is -2.26. The molecule has 2 unspecified atom stereocenters. The summed E-state index contributed by atoms with van der Waals surface area (Å²) in [6.07, 6.45) is 3.48. The average Bonchev–Trinajstić information content (AvgIpc) is 2.98. The number of rotatable bonds is 4. The van der Waals surface area contributed by atoms with Crippen molar-refractivity contribution in [1.29, 1.82) is 0 Å². The van der Waals surface area contributed by atoms with Gasteiger partial charge in [-0.05, 0) is 43.0 Å². The molecule has 3 heteroatoms. The van der Waals surface area contributed by atoms with Gasteiger partial charge >= 0.3 is 0 Å². The number of phenols is 1. The van der Waals surface area contributed by atoms with Gasteiger partial charge in [-0.1, -0.05) is 13.3 Å². The first-order valence-corrected chi connectivity index (χ1v) is 5.80. The number of hydrogen-bond donors (Lipinski definition) is 2. The molecule has 1 saturated carbocycles. The highest BCUT2D eigenvalue weighted by Gasteiger charge is 2.37. The van der Waals surface area contributed by atoms with Crippen LogP contribution in [0.15, 0.2) is 24.3 Å². The van der Waals surface area contributed by atoms with Crippen molar-refractivity contribution in [1.82, 2.24) is 5.32 Å². The highest BCUT2D eigenvalue weighted by Crippen LogP contribution is 2.34. The van der Waals surface area contributed by atoms with E-state index in [2.05, 4.69) is 12.2 Å². The molecule has 86 valence electrons. The summed E-state index contributed by atoms with van der Waals surface area (Å²) in [5.74, 6) is 0.821. The maximum Gasteiger partial charge on any atom is 0.251 e. The zero-order valence-electron chi connectivity index (χ0n) is 9.44. The Morgan fingerprint density at radius 3 is 2.75 bits per heavy atom. The molecule has 1 amide bonds. The van der Waals surface area contributed by atoms with Crippen LogP contribution in [0.5, 0.6) is 5.75 Å². The predicted molar refractivity (Wildman–Crippen MR) is 62.4 cm³/mol. The zero-order chi connectivity index (χ0) is 11.5. The highest BCUT2D eigenvalue weighted by molar-refractivity contribution is 5.94. The summed E-state index contributed by atoms with van der Waals surface area (Å²) in [5, 5.41) is 12.1. The van der Waals surface area contributed by atoms with E-state index in [0.717, 1.165) is 6.42 Å². The van der Waals surface area contributed by atoms with E-state index in [9.17, 15) is 4.79 Å². The van der Waals surface area contributed by atoms with Crippen LogP contribution in [0.2, 0.25) is 0 Å². The smallest absolute Gasteiger partial charge is 0.251 e. The number of carbonyl (C=O) groups is 1. The van der Waals surface area contributed by atoms with Crippen LogP contribution in [0.1, 0.15) is 36.5 Å². The monoisotopic (exact) mass is 219 g/mol. The Morgan fingerprint density at radius 2 is 2.12 bits per heavy atom. The van der Waals surface area contributed by atoms with Gasteiger partial charge in [-0.3, -0.25) is 4.79 Å². The number of aromatic hydroxyl groups is 1. The van der Waals surface area contributed by atoms with Gasteiger partial charge in [-0.15, -0.1) is 0 Å². The van der Waals surface area contributed by atoms with Gasteiger partial charge in [-0.2, -0.15) is 0 Å². The van der Waals surface area contributed by atoms with Crippen molar-refractivity contribution in [3.05, 3.63) is 29.8 Å². The van der Waals surface area contributed by atoms with Crippen LogP contribution in [0.3, 0.4) is 0 Å². The molecule has 0 heterocycles. The third-order valence-corrected chi connectivity index (χ3v) is 3.03. The first kappa shape index (κ1) is 11.0. The fourth-order valence-corrected chi connectivity index (χ4v) is 1.98. The molecule has 1 aromatic carbocycles. The SMILES string of the molecule is CCCC1CC1NC(=O)c1ccc(O)cc1. The molecule has 0 aromatic heterocycles. The van der Waals surface area contributed by atoms with Crippen molar-refractivity contribution in [3.63, 3.8) is 0 Å². The van der Waals surface area contributed by atoms with Crippen LogP contribution in [0.4, 0.5) is 0 Å². The minimum Gasteiger partial charge on any atom is -0.508 e. The summed E-state index contributed by atoms with van der Waals surface area (Å²) < 4.78 is 0. The van der Waals surface area contributed by atoms with E-state index in [4.69, 9.17) is 5.11 Å². The van der Waals surface area contributed by atoms with Crippen LogP contribution in [0, 0.1) is 5.92 Å². The molecule has 0 saturated heterocycles. The van der Waals surface area contributed by atoms with E-state index in [1.54, 1.807) is 12.1 Å². The van der Waals surface area contributed by atoms with Gasteiger partial charge in [0, 0.05) is 11.6 Å². The zero-order valence-corrected chi connectivity index (χ0v) is 9.44. The van der Waals surface area contributed by atoms with Crippen molar-refractivity contribution in [3.8, 4) is 5.75 Å². The lowest BCUT2D eigenvalue weighted by Gasteiger charge is -2.04. The summed E-state index contributed by atoms with van der Waals surface area (Å²) in [6.45, 7) is 2.16. The van der Waals surface area contributed by atoms with E-state index in [0.29, 0.717) is 17.5 Å². The lowest BCUT2D eigenvalue weighted by molar-refractivity contribution is 0.0949. The molecule has 1 aliphatic rings. The summed E-state index contributed by atoms with van der Waals surface area (Å²) in [6, 6.07) is 6.71. The number of phenolic OH excluding ortho intramolecular Hbond substituents is 1. The quantitative estimate of drug-likeness (QED) is 0.816. The van der Waals surface area contributed by atoms with Crippen LogP contribution in [-0.4, -0.2) is 17.1 Å². The van der Waals surface area contributed by atoms with Crippen LogP contribution >= 0.6 is 0 Å². The molecule has 1 fully saturated rings. The number of carbonyl (C=O) groups excluding carboxylic acids is 1. The molecule has 0 bridgehead atoms. The molecule has 0 aliphatic heterocycles. The Hall–Kier alpha value is -1.51. The fourth-order valence-electron chi connectivity index (χ4n) is 1.98. The molecule has 2 rings (SSSR count). The second kappa shape index (κ2) is 4.56. The van der Waals surface area contributed by atoms with E-state index in [1.807, 2.05) is 0 Å². The molecule has 0 radical (unpaired) electrons. The Morgan fingerprint density at radius 1 is 1.44 bits per heavy atom. The van der Waals surface area contributed by atoms with Gasteiger partial charge in [0.15, 0.2) is 0 Å². The molecular formula is C13H17NO2. The van der Waals surface area contributed by atoms with E-state index in [1.165, 1.54) is 25.0 Å². The van der Waals surface area contributed by atoms with Gasteiger partial charge in [0.1, 0.15) is 5.75 Å². The normalized spacial score (nSPS) is 22.8. The fraction of sp³-hybridized carbons (Fsp3) is 0.462. The number of hydrogen-bond acceptors (Lipinski definition) is 2. The van der Waals surface area contributed by atoms with E-state index >= 15 is 0 Å². The van der Waals surface area contributed by atoms with Crippen molar-refractivity contribution in [2.45, 2.75) is 32.2 Å². The van der Waals surface area contributed by atoms with Crippen molar-refractivity contribution in [2.24, 2.45) is 5.92 Å². The maximum atomic E-state index is 11.8. The predicted octanol–water partition coefficient (Wildman–Crippen LogP) is 2.31. The second-order valence-electron chi connectivity index (χ2n) is 4.41. The van der Waals surface area contributed by atoms with Gasteiger partial charge in [0.25, 0.3) is 5.91 Å². The second-order valence-corrected chi connectivity index (χ2v) is 4.41. The Bertz CT molecular complexity index is 372. The average molecular weight is 219 g/mol. The summed E-state index contributed by atoms with van der Waals surface area (Å²) in [7, 11) is 0. The topological polar surface area (TPSA) is 49.3 Å². The third kappa shape index (κ3) is 2.54. The first-order chi connectivity index (χ1) is 7.70. The molecule has 2 N–H and O–H groups in total. The van der Waals surface area contributed by atoms with Gasteiger partial charge < -0.3 is 10.4 Å². The number of nitrogens with one attached hydrogen (secondary N) is 1. The Balaban J connectivity index is 1.87. The molecule has 16 heavy (non-hydrogen) atoms. The molecular weight excluding hydrogens is 202 g/mol. The molecule has 3 nitrogen and oxygen atoms in total. The minimum absolute atomic E-state index is 0.0383. The Labute approximate surface area is 95.5 Å². The largest absolute Gasteiger partial charge is 0.508 e. The summed E-state index contributed by atoms with van der Waals surface area (Å²) >= 11 is 0. The van der Waals surface area contributed by atoms with Gasteiger partial charge in [-0.25, -0.2) is 0 Å². The summed E-state index contributed by atoms with van der Waals surface area (Å²) in [4.78, 5) is 11.8. The number of benzene rings is 1. The minimum atomic E-state index is -0.0383. The first-order valence-electron chi connectivity index (χ1n) is 5.80. The highest BCUT2D eigenvalue weighted by atomic mass is 16.3. The number of amides is 1. The standard InChI is InChI=1S/C13H17NO2/c1-2-3-10-8-12(10)14-13(16)9-4-6-11(15)7-5-9/h4-7,10,12,15H,2-3,8H2,1H3,(H,14,16). The van der Waals surface area contributed by atoms with Crippen LogP contribution in [0.25, 0.3) is 0 Å². The van der Waals surface area contributed by atoms with Crippen molar-refractivity contribution >= 4 is 5.91 Å². The van der Waals surface area contributed by atoms with Gasteiger partial charge in [0.2, 0.25) is 0 Å². The van der Waals surface area contributed by atoms with E-state index in [-0.39, 0.29) is 11.7 Å². The van der Waals surface area contributed by atoms with Crippen molar-refractivity contribution in [2.75, 3.05) is 0 Å². The van der Waals surface area contributed by atoms with Crippen molar-refractivity contribution < 1.29 is 9.90 Å². The molecule has 2 atom stereocenters. The lowest BCUT2D eigenvalue weighted by atomic mass is 10.2. The van der Waals surface area contributed by atoms with E-state index < -0.39 is 0 Å². The molecule has 0 spiro atoms.